The molecule has 2 bridgehead atoms. The third-order valence-corrected chi connectivity index (χ3v) is 8.04. The molecule has 1 amide bonds. The number of primary amides is 1. The molecule has 2 aliphatic carbocycles. The number of benzene rings is 1. The molecular weight excluding hydrogens is 490 g/mol. The number of amides is 1. The lowest BCUT2D eigenvalue weighted by atomic mass is 9.66. The summed E-state index contributed by atoms with van der Waals surface area (Å²) in [6.07, 6.45) is 8.26. The van der Waals surface area contributed by atoms with E-state index in [1.165, 1.54) is 18.2 Å². The summed E-state index contributed by atoms with van der Waals surface area (Å²) in [5, 5.41) is 11.6. The van der Waals surface area contributed by atoms with Crippen molar-refractivity contribution >= 4 is 11.9 Å². The van der Waals surface area contributed by atoms with Crippen LogP contribution in [0.15, 0.2) is 49.1 Å². The first-order valence-corrected chi connectivity index (χ1v) is 12.2. The van der Waals surface area contributed by atoms with Crippen LogP contribution in [-0.4, -0.2) is 42.6 Å². The van der Waals surface area contributed by atoms with Crippen LogP contribution in [0.2, 0.25) is 0 Å². The SMILES string of the molecule is CC1(C)[C@H]2CC[C@]1(c1cncc(-c3cnc(NCC(N)=O)nc3)n1)c1nnc(-c3c(F)cccc3F)cc12. The summed E-state index contributed by atoms with van der Waals surface area (Å²) in [7, 11) is 0. The minimum Gasteiger partial charge on any atom is -0.368 e. The van der Waals surface area contributed by atoms with E-state index in [0.717, 1.165) is 29.8 Å². The molecule has 6 rings (SSSR count). The van der Waals surface area contributed by atoms with Gasteiger partial charge in [0.15, 0.2) is 0 Å². The Hall–Kier alpha value is -4.41. The average Bonchev–Trinajstić information content (AvgIpc) is 3.28. The van der Waals surface area contributed by atoms with Crippen molar-refractivity contribution in [2.24, 2.45) is 11.1 Å². The summed E-state index contributed by atoms with van der Waals surface area (Å²) in [5.41, 5.74) is 8.00. The van der Waals surface area contributed by atoms with Gasteiger partial charge in [0.2, 0.25) is 11.9 Å². The molecule has 1 fully saturated rings. The highest BCUT2D eigenvalue weighted by molar-refractivity contribution is 5.78. The monoisotopic (exact) mass is 514 g/mol. The lowest BCUT2D eigenvalue weighted by Gasteiger charge is -2.37. The predicted molar refractivity (Wildman–Crippen MR) is 135 cm³/mol. The van der Waals surface area contributed by atoms with Crippen molar-refractivity contribution in [3.63, 3.8) is 0 Å². The van der Waals surface area contributed by atoms with Crippen molar-refractivity contribution in [3.05, 3.63) is 77.6 Å². The highest BCUT2D eigenvalue weighted by Crippen LogP contribution is 2.69. The lowest BCUT2D eigenvalue weighted by Crippen LogP contribution is -2.38. The van der Waals surface area contributed by atoms with Crippen LogP contribution in [0.25, 0.3) is 22.5 Å². The van der Waals surface area contributed by atoms with E-state index in [1.54, 1.807) is 30.9 Å². The van der Waals surface area contributed by atoms with Gasteiger partial charge in [-0.25, -0.2) is 23.7 Å². The van der Waals surface area contributed by atoms with Crippen LogP contribution >= 0.6 is 0 Å². The summed E-state index contributed by atoms with van der Waals surface area (Å²) in [4.78, 5) is 28.9. The highest BCUT2D eigenvalue weighted by Gasteiger charge is 2.65. The van der Waals surface area contributed by atoms with E-state index in [2.05, 4.69) is 44.3 Å². The van der Waals surface area contributed by atoms with Crippen molar-refractivity contribution in [1.82, 2.24) is 30.1 Å². The highest BCUT2D eigenvalue weighted by atomic mass is 19.1. The molecule has 0 spiro atoms. The Morgan fingerprint density at radius 2 is 1.82 bits per heavy atom. The fourth-order valence-corrected chi connectivity index (χ4v) is 6.19. The molecule has 0 radical (unpaired) electrons. The van der Waals surface area contributed by atoms with Crippen LogP contribution < -0.4 is 11.1 Å². The summed E-state index contributed by atoms with van der Waals surface area (Å²) in [6, 6.07) is 5.54. The Morgan fingerprint density at radius 1 is 1.08 bits per heavy atom. The van der Waals surface area contributed by atoms with Gasteiger partial charge in [0.05, 0.1) is 46.5 Å². The topological polar surface area (TPSA) is 132 Å². The largest absolute Gasteiger partial charge is 0.368 e. The number of anilines is 1. The van der Waals surface area contributed by atoms with Crippen molar-refractivity contribution in [3.8, 4) is 22.5 Å². The molecule has 0 aliphatic heterocycles. The van der Waals surface area contributed by atoms with Gasteiger partial charge in [-0.2, -0.15) is 5.10 Å². The Labute approximate surface area is 217 Å². The molecule has 4 aromatic rings. The fraction of sp³-hybridized carbons (Fsp3) is 0.296. The maximum Gasteiger partial charge on any atom is 0.236 e. The standard InChI is InChI=1S/C27H24F2N8O/c1-26(2)16-6-7-27(26,24-15(16)8-19(36-37-24)23-17(28)4-3-5-18(23)29)21-12-31-11-20(35-21)14-9-32-25(33-10-14)34-13-22(30)38/h3-5,8-12,16H,6-7,13H2,1-2H3,(H2,30,38)(H,32,33,34)/t16-,27-/m0/s1. The number of halogens is 2. The Balaban J connectivity index is 1.41. The van der Waals surface area contributed by atoms with Gasteiger partial charge in [0, 0.05) is 24.2 Å². The first-order chi connectivity index (χ1) is 18.2. The molecule has 3 heterocycles. The fourth-order valence-electron chi connectivity index (χ4n) is 6.19. The number of nitrogens with zero attached hydrogens (tertiary/aromatic N) is 6. The Morgan fingerprint density at radius 3 is 2.53 bits per heavy atom. The van der Waals surface area contributed by atoms with Crippen LogP contribution in [0.5, 0.6) is 0 Å². The smallest absolute Gasteiger partial charge is 0.236 e. The molecule has 0 unspecified atom stereocenters. The number of hydrogen-bond donors (Lipinski definition) is 2. The number of nitrogens with one attached hydrogen (secondary N) is 1. The number of carbonyl (C=O) groups excluding carboxylic acids is 1. The molecule has 1 saturated carbocycles. The Bertz CT molecular complexity index is 1560. The first-order valence-electron chi connectivity index (χ1n) is 12.2. The van der Waals surface area contributed by atoms with Gasteiger partial charge in [-0.15, -0.1) is 5.10 Å². The van der Waals surface area contributed by atoms with Gasteiger partial charge >= 0.3 is 0 Å². The lowest BCUT2D eigenvalue weighted by molar-refractivity contribution is -0.116. The average molecular weight is 515 g/mol. The van der Waals surface area contributed by atoms with Gasteiger partial charge in [-0.05, 0) is 47.9 Å². The number of aromatic nitrogens is 6. The molecule has 0 saturated heterocycles. The van der Waals surface area contributed by atoms with Crippen LogP contribution in [0.3, 0.4) is 0 Å². The Kier molecular flexibility index (Phi) is 5.41. The van der Waals surface area contributed by atoms with Crippen molar-refractivity contribution in [2.45, 2.75) is 38.0 Å². The number of rotatable bonds is 6. The van der Waals surface area contributed by atoms with Crippen LogP contribution in [0.1, 0.15) is 49.6 Å². The van der Waals surface area contributed by atoms with Crippen molar-refractivity contribution in [2.75, 3.05) is 11.9 Å². The maximum absolute atomic E-state index is 14.5. The van der Waals surface area contributed by atoms with E-state index in [9.17, 15) is 13.6 Å². The molecule has 2 aliphatic rings. The van der Waals surface area contributed by atoms with Gasteiger partial charge in [-0.3, -0.25) is 9.78 Å². The molecule has 11 heteroatoms. The normalized spacial score (nSPS) is 20.8. The second kappa shape index (κ2) is 8.57. The van der Waals surface area contributed by atoms with Crippen LogP contribution in [0, 0.1) is 17.0 Å². The summed E-state index contributed by atoms with van der Waals surface area (Å²) in [5.74, 6) is -1.47. The second-order valence-electron chi connectivity index (χ2n) is 10.3. The van der Waals surface area contributed by atoms with Crippen LogP contribution in [-0.2, 0) is 10.2 Å². The molecule has 3 aromatic heterocycles. The molecule has 1 aromatic carbocycles. The second-order valence-corrected chi connectivity index (χ2v) is 10.3. The van der Waals surface area contributed by atoms with E-state index in [0.29, 0.717) is 11.3 Å². The zero-order valence-corrected chi connectivity index (χ0v) is 20.7. The summed E-state index contributed by atoms with van der Waals surface area (Å²) in [6.45, 7) is 4.28. The molecular formula is C27H24F2N8O. The van der Waals surface area contributed by atoms with Crippen LogP contribution in [0.4, 0.5) is 14.7 Å². The maximum atomic E-state index is 14.5. The van der Waals surface area contributed by atoms with Gasteiger partial charge < -0.3 is 11.1 Å². The molecule has 2 atom stereocenters. The molecule has 3 N–H and O–H groups in total. The van der Waals surface area contributed by atoms with E-state index in [1.807, 2.05) is 0 Å². The number of nitrogens with two attached hydrogens (primary N) is 1. The van der Waals surface area contributed by atoms with Gasteiger partial charge in [-0.1, -0.05) is 19.9 Å². The van der Waals surface area contributed by atoms with Crippen molar-refractivity contribution in [1.29, 1.82) is 0 Å². The van der Waals surface area contributed by atoms with E-state index < -0.39 is 23.0 Å². The zero-order valence-electron chi connectivity index (χ0n) is 20.7. The quantitative estimate of drug-likeness (QED) is 0.397. The van der Waals surface area contributed by atoms with E-state index in [4.69, 9.17) is 10.7 Å². The number of fused-ring (bicyclic) bond motifs is 5. The summed E-state index contributed by atoms with van der Waals surface area (Å²) < 4.78 is 29.0. The number of carbonyl (C=O) groups is 1. The van der Waals surface area contributed by atoms with E-state index in [-0.39, 0.29) is 35.1 Å². The third-order valence-electron chi connectivity index (χ3n) is 8.04. The van der Waals surface area contributed by atoms with Crippen molar-refractivity contribution < 1.29 is 13.6 Å². The van der Waals surface area contributed by atoms with Gasteiger partial charge in [0.25, 0.3) is 0 Å². The van der Waals surface area contributed by atoms with E-state index >= 15 is 0 Å². The molecule has 192 valence electrons. The predicted octanol–water partition coefficient (Wildman–Crippen LogP) is 3.77. The minimum absolute atomic E-state index is 0.0703. The zero-order chi connectivity index (χ0) is 26.7. The molecule has 38 heavy (non-hydrogen) atoms. The third kappa shape index (κ3) is 3.45. The number of hydrogen-bond acceptors (Lipinski definition) is 8. The molecule has 9 nitrogen and oxygen atoms in total. The first kappa shape index (κ1) is 24.0. The van der Waals surface area contributed by atoms with Gasteiger partial charge in [0.1, 0.15) is 11.6 Å². The summed E-state index contributed by atoms with van der Waals surface area (Å²) >= 11 is 0. The minimum atomic E-state index is -0.673.